The zero-order valence-electron chi connectivity index (χ0n) is 11.6. The summed E-state index contributed by atoms with van der Waals surface area (Å²) in [5.74, 6) is -1.23. The van der Waals surface area contributed by atoms with Gasteiger partial charge in [0.25, 0.3) is 0 Å². The van der Waals surface area contributed by atoms with Crippen LogP contribution in [0.1, 0.15) is 19.8 Å². The highest BCUT2D eigenvalue weighted by atomic mass is 16.2. The lowest BCUT2D eigenvalue weighted by Crippen LogP contribution is -2.43. The Morgan fingerprint density at radius 3 is 2.80 bits per heavy atom. The third kappa shape index (κ3) is 3.77. The fraction of sp³-hybridized carbons (Fsp3) is 0.500. The average molecular weight is 276 g/mol. The number of anilines is 1. The number of likely N-dealkylation sites (tertiary alicyclic amines) is 1. The second kappa shape index (κ2) is 7.00. The van der Waals surface area contributed by atoms with Crippen LogP contribution in [0.15, 0.2) is 24.5 Å². The van der Waals surface area contributed by atoms with Crippen LogP contribution in [0.4, 0.5) is 5.69 Å². The molecule has 0 unspecified atom stereocenters. The number of pyridine rings is 1. The molecule has 1 saturated heterocycles. The van der Waals surface area contributed by atoms with Gasteiger partial charge < -0.3 is 10.6 Å². The van der Waals surface area contributed by atoms with Crippen molar-refractivity contribution in [3.63, 3.8) is 0 Å². The average Bonchev–Trinajstić information content (AvgIpc) is 2.93. The van der Waals surface area contributed by atoms with E-state index < -0.39 is 11.8 Å². The molecule has 1 aromatic rings. The number of amides is 2. The molecule has 2 N–H and O–H groups in total. The van der Waals surface area contributed by atoms with Crippen molar-refractivity contribution in [2.75, 3.05) is 25.0 Å². The predicted molar refractivity (Wildman–Crippen MR) is 76.1 cm³/mol. The van der Waals surface area contributed by atoms with Gasteiger partial charge in [0.05, 0.1) is 0 Å². The number of hydrogen-bond acceptors (Lipinski definition) is 4. The standard InChI is InChI=1S/C14H20N4O2/c1-2-18-9-3-4-12(18)10-16-13(19)14(20)17-11-5-7-15-8-6-11/h5-8,12H,2-4,9-10H2,1H3,(H,16,19)(H,15,17,20)/t12-/m1/s1. The molecule has 0 bridgehead atoms. The van der Waals surface area contributed by atoms with Crippen molar-refractivity contribution in [1.29, 1.82) is 0 Å². The number of nitrogens with zero attached hydrogens (tertiary/aromatic N) is 2. The first-order chi connectivity index (χ1) is 9.70. The molecule has 1 aliphatic rings. The normalized spacial score (nSPS) is 18.8. The largest absolute Gasteiger partial charge is 0.346 e. The number of nitrogens with one attached hydrogen (secondary N) is 2. The smallest absolute Gasteiger partial charge is 0.313 e. The van der Waals surface area contributed by atoms with E-state index in [9.17, 15) is 9.59 Å². The van der Waals surface area contributed by atoms with E-state index in [1.807, 2.05) is 0 Å². The number of hydrogen-bond donors (Lipinski definition) is 2. The summed E-state index contributed by atoms with van der Waals surface area (Å²) in [6.45, 7) is 4.68. The third-order valence-corrected chi connectivity index (χ3v) is 3.55. The topological polar surface area (TPSA) is 74.3 Å². The molecule has 0 radical (unpaired) electrons. The van der Waals surface area contributed by atoms with Gasteiger partial charge in [-0.3, -0.25) is 19.5 Å². The molecule has 2 heterocycles. The number of carbonyl (C=O) groups is 2. The van der Waals surface area contributed by atoms with E-state index in [2.05, 4.69) is 27.4 Å². The Labute approximate surface area is 118 Å². The summed E-state index contributed by atoms with van der Waals surface area (Å²) in [7, 11) is 0. The summed E-state index contributed by atoms with van der Waals surface area (Å²) in [6.07, 6.45) is 5.34. The summed E-state index contributed by atoms with van der Waals surface area (Å²) in [5.41, 5.74) is 0.566. The molecule has 1 fully saturated rings. The van der Waals surface area contributed by atoms with Gasteiger partial charge >= 0.3 is 11.8 Å². The maximum atomic E-state index is 11.7. The molecule has 6 nitrogen and oxygen atoms in total. The van der Waals surface area contributed by atoms with Crippen LogP contribution >= 0.6 is 0 Å². The zero-order chi connectivity index (χ0) is 14.4. The molecule has 0 spiro atoms. The Balaban J connectivity index is 1.78. The van der Waals surface area contributed by atoms with Crippen LogP contribution in [0.25, 0.3) is 0 Å². The summed E-state index contributed by atoms with van der Waals surface area (Å²) in [5, 5.41) is 5.24. The van der Waals surface area contributed by atoms with Gasteiger partial charge in [-0.15, -0.1) is 0 Å². The lowest BCUT2D eigenvalue weighted by atomic mass is 10.2. The Hall–Kier alpha value is -1.95. The van der Waals surface area contributed by atoms with Gasteiger partial charge in [-0.1, -0.05) is 6.92 Å². The maximum Gasteiger partial charge on any atom is 0.313 e. The van der Waals surface area contributed by atoms with E-state index >= 15 is 0 Å². The highest BCUT2D eigenvalue weighted by Crippen LogP contribution is 2.15. The monoisotopic (exact) mass is 276 g/mol. The van der Waals surface area contributed by atoms with Crippen LogP contribution in [0.3, 0.4) is 0 Å². The van der Waals surface area contributed by atoms with Crippen molar-refractivity contribution in [3.05, 3.63) is 24.5 Å². The molecule has 1 atom stereocenters. The minimum absolute atomic E-state index is 0.345. The van der Waals surface area contributed by atoms with E-state index in [0.29, 0.717) is 18.3 Å². The Morgan fingerprint density at radius 1 is 1.35 bits per heavy atom. The minimum atomic E-state index is -0.641. The molecule has 20 heavy (non-hydrogen) atoms. The SMILES string of the molecule is CCN1CCC[C@@H]1CNC(=O)C(=O)Nc1ccncc1. The van der Waals surface area contributed by atoms with Crippen molar-refractivity contribution >= 4 is 17.5 Å². The fourth-order valence-corrected chi connectivity index (χ4v) is 2.46. The first-order valence-electron chi connectivity index (χ1n) is 6.94. The van der Waals surface area contributed by atoms with Crippen LogP contribution < -0.4 is 10.6 Å². The number of rotatable bonds is 4. The highest BCUT2D eigenvalue weighted by Gasteiger charge is 2.24. The molecule has 2 amide bonds. The third-order valence-electron chi connectivity index (χ3n) is 3.55. The predicted octanol–water partition coefficient (Wildman–Crippen LogP) is 0.621. The molecule has 0 saturated carbocycles. The molecule has 2 rings (SSSR count). The minimum Gasteiger partial charge on any atom is -0.346 e. The van der Waals surface area contributed by atoms with Crippen LogP contribution in [-0.4, -0.2) is 47.4 Å². The number of likely N-dealkylation sites (N-methyl/N-ethyl adjacent to an activating group) is 1. The molecular weight excluding hydrogens is 256 g/mol. The van der Waals surface area contributed by atoms with E-state index in [4.69, 9.17) is 0 Å². The highest BCUT2D eigenvalue weighted by molar-refractivity contribution is 6.39. The van der Waals surface area contributed by atoms with Crippen molar-refractivity contribution < 1.29 is 9.59 Å². The molecule has 108 valence electrons. The van der Waals surface area contributed by atoms with E-state index in [1.54, 1.807) is 24.5 Å². The van der Waals surface area contributed by atoms with E-state index in [1.165, 1.54) is 0 Å². The van der Waals surface area contributed by atoms with Gasteiger partial charge in [-0.25, -0.2) is 0 Å². The quantitative estimate of drug-likeness (QED) is 0.791. The van der Waals surface area contributed by atoms with Gasteiger partial charge in [-0.2, -0.15) is 0 Å². The first kappa shape index (κ1) is 14.5. The van der Waals surface area contributed by atoms with E-state index in [-0.39, 0.29) is 0 Å². The van der Waals surface area contributed by atoms with Crippen LogP contribution in [0.5, 0.6) is 0 Å². The van der Waals surface area contributed by atoms with Gasteiger partial charge in [0, 0.05) is 30.7 Å². The zero-order valence-corrected chi connectivity index (χ0v) is 11.6. The van der Waals surface area contributed by atoms with Crippen molar-refractivity contribution in [2.24, 2.45) is 0 Å². The van der Waals surface area contributed by atoms with Crippen LogP contribution in [0, 0.1) is 0 Å². The Kier molecular flexibility index (Phi) is 5.06. The summed E-state index contributed by atoms with van der Waals surface area (Å²) < 4.78 is 0. The Morgan fingerprint density at radius 2 is 2.10 bits per heavy atom. The van der Waals surface area contributed by atoms with Crippen molar-refractivity contribution in [1.82, 2.24) is 15.2 Å². The Bertz CT molecular complexity index is 464. The fourth-order valence-electron chi connectivity index (χ4n) is 2.46. The van der Waals surface area contributed by atoms with E-state index in [0.717, 1.165) is 25.9 Å². The molecule has 0 aliphatic carbocycles. The molecular formula is C14H20N4O2. The van der Waals surface area contributed by atoms with Crippen LogP contribution in [-0.2, 0) is 9.59 Å². The van der Waals surface area contributed by atoms with Gasteiger partial charge in [-0.05, 0) is 38.1 Å². The molecule has 1 aliphatic heterocycles. The molecule has 1 aromatic heterocycles. The van der Waals surface area contributed by atoms with Gasteiger partial charge in [0.1, 0.15) is 0 Å². The summed E-state index contributed by atoms with van der Waals surface area (Å²) in [4.78, 5) is 29.6. The second-order valence-corrected chi connectivity index (χ2v) is 4.82. The molecule has 6 heteroatoms. The second-order valence-electron chi connectivity index (χ2n) is 4.82. The summed E-state index contributed by atoms with van der Waals surface area (Å²) >= 11 is 0. The van der Waals surface area contributed by atoms with Gasteiger partial charge in [0.2, 0.25) is 0 Å². The van der Waals surface area contributed by atoms with Crippen molar-refractivity contribution in [2.45, 2.75) is 25.8 Å². The summed E-state index contributed by atoms with van der Waals surface area (Å²) in [6, 6.07) is 3.62. The number of aromatic nitrogens is 1. The van der Waals surface area contributed by atoms with Gasteiger partial charge in [0.15, 0.2) is 0 Å². The van der Waals surface area contributed by atoms with Crippen LogP contribution in [0.2, 0.25) is 0 Å². The molecule has 0 aromatic carbocycles. The first-order valence-corrected chi connectivity index (χ1v) is 6.94. The lowest BCUT2D eigenvalue weighted by molar-refractivity contribution is -0.136. The maximum absolute atomic E-state index is 11.7. The number of carbonyl (C=O) groups excluding carboxylic acids is 2. The lowest BCUT2D eigenvalue weighted by Gasteiger charge is -2.22. The van der Waals surface area contributed by atoms with Crippen molar-refractivity contribution in [3.8, 4) is 0 Å².